The maximum absolute atomic E-state index is 9.14. The summed E-state index contributed by atoms with van der Waals surface area (Å²) < 4.78 is 0. The first-order chi connectivity index (χ1) is 9.76. The van der Waals surface area contributed by atoms with Crippen LogP contribution in [-0.2, 0) is 13.0 Å². The number of aromatic nitrogens is 3. The monoisotopic (exact) mass is 303 g/mol. The lowest BCUT2D eigenvalue weighted by Gasteiger charge is -1.95. The highest BCUT2D eigenvalue weighted by atomic mass is 32.1. The molecule has 4 nitrogen and oxygen atoms in total. The number of rotatable bonds is 4. The predicted molar refractivity (Wildman–Crippen MR) is 80.9 cm³/mol. The first-order valence-corrected chi connectivity index (χ1v) is 7.87. The maximum Gasteiger partial charge on any atom is 0.119 e. The van der Waals surface area contributed by atoms with Gasteiger partial charge in [0.25, 0.3) is 0 Å². The minimum atomic E-state index is -0.0174. The van der Waals surface area contributed by atoms with Crippen LogP contribution in [0, 0.1) is 6.92 Å². The Bertz CT molecular complexity index is 706. The van der Waals surface area contributed by atoms with E-state index in [1.165, 1.54) is 11.3 Å². The van der Waals surface area contributed by atoms with Gasteiger partial charge in [-0.15, -0.1) is 22.7 Å². The lowest BCUT2D eigenvalue weighted by molar-refractivity contribution is 0.281. The van der Waals surface area contributed by atoms with Gasteiger partial charge in [0.05, 0.1) is 27.9 Å². The van der Waals surface area contributed by atoms with Crippen molar-refractivity contribution in [2.45, 2.75) is 20.0 Å². The van der Waals surface area contributed by atoms with E-state index in [2.05, 4.69) is 15.0 Å². The van der Waals surface area contributed by atoms with Crippen molar-refractivity contribution in [3.05, 3.63) is 51.2 Å². The van der Waals surface area contributed by atoms with E-state index in [1.807, 2.05) is 30.5 Å². The first-order valence-electron chi connectivity index (χ1n) is 6.18. The number of hydrogen-bond acceptors (Lipinski definition) is 6. The van der Waals surface area contributed by atoms with Crippen molar-refractivity contribution in [3.8, 4) is 10.6 Å². The molecule has 0 fully saturated rings. The standard InChI is InChI=1S/C14H13N3OS2/c1-9-14(20-13(7-18)16-9)11-8-19-12(17-11)6-10-4-2-3-5-15-10/h2-5,8,18H,6-7H2,1H3. The number of aliphatic hydroxyl groups is 1. The molecular formula is C14H13N3OS2. The van der Waals surface area contributed by atoms with Crippen LogP contribution in [0.25, 0.3) is 10.6 Å². The zero-order chi connectivity index (χ0) is 13.9. The van der Waals surface area contributed by atoms with Crippen LogP contribution in [0.2, 0.25) is 0 Å². The highest BCUT2D eigenvalue weighted by Crippen LogP contribution is 2.31. The summed E-state index contributed by atoms with van der Waals surface area (Å²) in [5, 5.41) is 13.0. The second kappa shape index (κ2) is 5.78. The summed E-state index contributed by atoms with van der Waals surface area (Å²) in [6.45, 7) is 1.93. The lowest BCUT2D eigenvalue weighted by atomic mass is 10.3. The van der Waals surface area contributed by atoms with Crippen LogP contribution in [0.1, 0.15) is 21.4 Å². The molecule has 0 bridgehead atoms. The average molecular weight is 303 g/mol. The Morgan fingerprint density at radius 1 is 1.20 bits per heavy atom. The van der Waals surface area contributed by atoms with Gasteiger partial charge in [0, 0.05) is 23.7 Å². The van der Waals surface area contributed by atoms with Gasteiger partial charge in [0.1, 0.15) is 5.01 Å². The van der Waals surface area contributed by atoms with Gasteiger partial charge in [0.2, 0.25) is 0 Å². The van der Waals surface area contributed by atoms with Crippen molar-refractivity contribution in [3.63, 3.8) is 0 Å². The fourth-order valence-corrected chi connectivity index (χ4v) is 3.67. The molecular weight excluding hydrogens is 290 g/mol. The molecule has 6 heteroatoms. The number of aliphatic hydroxyl groups excluding tert-OH is 1. The Balaban J connectivity index is 1.84. The minimum Gasteiger partial charge on any atom is -0.389 e. The fourth-order valence-electron chi connectivity index (χ4n) is 1.91. The number of aryl methyl sites for hydroxylation is 1. The molecule has 0 unspecified atom stereocenters. The summed E-state index contributed by atoms with van der Waals surface area (Å²) in [5.74, 6) is 0. The Hall–Kier alpha value is -1.63. The van der Waals surface area contributed by atoms with Gasteiger partial charge in [-0.1, -0.05) is 6.07 Å². The summed E-state index contributed by atoms with van der Waals surface area (Å²) in [5.41, 5.74) is 2.88. The summed E-state index contributed by atoms with van der Waals surface area (Å²) >= 11 is 3.13. The first kappa shape index (κ1) is 13.4. The maximum atomic E-state index is 9.14. The number of nitrogens with zero attached hydrogens (tertiary/aromatic N) is 3. The Labute approximate surface area is 124 Å². The molecule has 0 aliphatic heterocycles. The Kier molecular flexibility index (Phi) is 3.86. The molecule has 1 N–H and O–H groups in total. The van der Waals surface area contributed by atoms with Crippen LogP contribution in [0.15, 0.2) is 29.8 Å². The molecule has 0 aromatic carbocycles. The summed E-state index contributed by atoms with van der Waals surface area (Å²) in [4.78, 5) is 14.3. The third-order valence-electron chi connectivity index (χ3n) is 2.82. The zero-order valence-electron chi connectivity index (χ0n) is 10.9. The number of hydrogen-bond donors (Lipinski definition) is 1. The second-order valence-electron chi connectivity index (χ2n) is 4.30. The molecule has 0 saturated heterocycles. The third kappa shape index (κ3) is 2.77. The largest absolute Gasteiger partial charge is 0.389 e. The predicted octanol–water partition coefficient (Wildman–Crippen LogP) is 3.05. The molecule has 0 aliphatic rings. The summed E-state index contributed by atoms with van der Waals surface area (Å²) in [7, 11) is 0. The van der Waals surface area contributed by atoms with Crippen LogP contribution in [-0.4, -0.2) is 20.1 Å². The molecule has 102 valence electrons. The van der Waals surface area contributed by atoms with E-state index in [4.69, 9.17) is 5.11 Å². The fraction of sp³-hybridized carbons (Fsp3) is 0.214. The highest BCUT2D eigenvalue weighted by molar-refractivity contribution is 7.16. The quantitative estimate of drug-likeness (QED) is 0.805. The zero-order valence-corrected chi connectivity index (χ0v) is 12.5. The van der Waals surface area contributed by atoms with Gasteiger partial charge in [0.15, 0.2) is 0 Å². The molecule has 20 heavy (non-hydrogen) atoms. The van der Waals surface area contributed by atoms with Gasteiger partial charge in [-0.2, -0.15) is 0 Å². The molecule has 0 spiro atoms. The molecule has 3 aromatic heterocycles. The van der Waals surface area contributed by atoms with E-state index in [0.29, 0.717) is 0 Å². The Morgan fingerprint density at radius 2 is 2.10 bits per heavy atom. The van der Waals surface area contributed by atoms with Crippen molar-refractivity contribution in [2.24, 2.45) is 0 Å². The van der Waals surface area contributed by atoms with E-state index in [1.54, 1.807) is 17.5 Å². The third-order valence-corrected chi connectivity index (χ3v) is 4.83. The Morgan fingerprint density at radius 3 is 2.80 bits per heavy atom. The van der Waals surface area contributed by atoms with Gasteiger partial charge < -0.3 is 5.11 Å². The van der Waals surface area contributed by atoms with E-state index in [9.17, 15) is 0 Å². The van der Waals surface area contributed by atoms with E-state index >= 15 is 0 Å². The van der Waals surface area contributed by atoms with Gasteiger partial charge in [-0.3, -0.25) is 4.98 Å². The van der Waals surface area contributed by atoms with Gasteiger partial charge in [-0.05, 0) is 19.1 Å². The van der Waals surface area contributed by atoms with Crippen LogP contribution in [0.5, 0.6) is 0 Å². The molecule has 0 saturated carbocycles. The number of thiazole rings is 2. The van der Waals surface area contributed by atoms with Gasteiger partial charge in [-0.25, -0.2) is 9.97 Å². The summed E-state index contributed by atoms with van der Waals surface area (Å²) in [6.07, 6.45) is 2.54. The highest BCUT2D eigenvalue weighted by Gasteiger charge is 2.13. The number of pyridine rings is 1. The van der Waals surface area contributed by atoms with Gasteiger partial charge >= 0.3 is 0 Å². The van der Waals surface area contributed by atoms with E-state index in [-0.39, 0.29) is 6.61 Å². The lowest BCUT2D eigenvalue weighted by Crippen LogP contribution is -1.90. The van der Waals surface area contributed by atoms with Crippen LogP contribution in [0.4, 0.5) is 0 Å². The topological polar surface area (TPSA) is 58.9 Å². The molecule has 3 rings (SSSR count). The normalized spacial score (nSPS) is 10.9. The van der Waals surface area contributed by atoms with Crippen molar-refractivity contribution in [1.29, 1.82) is 0 Å². The van der Waals surface area contributed by atoms with Crippen molar-refractivity contribution >= 4 is 22.7 Å². The van der Waals surface area contributed by atoms with Crippen LogP contribution < -0.4 is 0 Å². The van der Waals surface area contributed by atoms with Crippen LogP contribution in [0.3, 0.4) is 0 Å². The SMILES string of the molecule is Cc1nc(CO)sc1-c1csc(Cc2ccccn2)n1. The molecule has 0 aliphatic carbocycles. The molecule has 0 atom stereocenters. The second-order valence-corrected chi connectivity index (χ2v) is 6.33. The van der Waals surface area contributed by atoms with Crippen molar-refractivity contribution in [2.75, 3.05) is 0 Å². The molecule has 0 amide bonds. The summed E-state index contributed by atoms with van der Waals surface area (Å²) in [6, 6.07) is 5.90. The van der Waals surface area contributed by atoms with E-state index < -0.39 is 0 Å². The molecule has 3 heterocycles. The van der Waals surface area contributed by atoms with E-state index in [0.717, 1.165) is 38.4 Å². The minimum absolute atomic E-state index is 0.0174. The molecule has 3 aromatic rings. The molecule has 0 radical (unpaired) electrons. The smallest absolute Gasteiger partial charge is 0.119 e. The van der Waals surface area contributed by atoms with Crippen LogP contribution >= 0.6 is 22.7 Å². The van der Waals surface area contributed by atoms with Crippen molar-refractivity contribution < 1.29 is 5.11 Å². The average Bonchev–Trinajstić information content (AvgIpc) is 3.06. The van der Waals surface area contributed by atoms with Crippen molar-refractivity contribution in [1.82, 2.24) is 15.0 Å².